The number of amides is 1. The Labute approximate surface area is 150 Å². The summed E-state index contributed by atoms with van der Waals surface area (Å²) in [4.78, 5) is 12.5. The summed E-state index contributed by atoms with van der Waals surface area (Å²) in [5.41, 5.74) is 0.185. The Morgan fingerprint density at radius 3 is 2.50 bits per heavy atom. The van der Waals surface area contributed by atoms with Crippen LogP contribution in [0.3, 0.4) is 0 Å². The second-order valence-corrected chi connectivity index (χ2v) is 8.61. The third-order valence-corrected chi connectivity index (χ3v) is 6.20. The molecule has 1 unspecified atom stereocenters. The molecule has 0 fully saturated rings. The zero-order valence-electron chi connectivity index (χ0n) is 14.8. The maximum absolute atomic E-state index is 12.4. The number of rotatable bonds is 9. The van der Waals surface area contributed by atoms with E-state index >= 15 is 0 Å². The smallest absolute Gasteiger partial charge is 0.252 e. The third kappa shape index (κ3) is 5.46. The summed E-state index contributed by atoms with van der Waals surface area (Å²) in [6.45, 7) is 4.81. The normalized spacial score (nSPS) is 13.1. The van der Waals surface area contributed by atoms with E-state index in [4.69, 9.17) is 11.6 Å². The number of hydrogen-bond donors (Lipinski definition) is 1. The summed E-state index contributed by atoms with van der Waals surface area (Å²) >= 11 is 6.08. The molecule has 7 heteroatoms. The van der Waals surface area contributed by atoms with Crippen molar-refractivity contribution in [1.29, 1.82) is 0 Å². The summed E-state index contributed by atoms with van der Waals surface area (Å²) in [7, 11) is -0.708. The zero-order chi connectivity index (χ0) is 18.3. The molecule has 0 aliphatic rings. The van der Waals surface area contributed by atoms with Gasteiger partial charge in [0.2, 0.25) is 10.0 Å². The zero-order valence-corrected chi connectivity index (χ0v) is 16.4. The van der Waals surface area contributed by atoms with Crippen LogP contribution in [0.25, 0.3) is 0 Å². The minimum Gasteiger partial charge on any atom is -0.352 e. The second-order valence-electron chi connectivity index (χ2n) is 6.06. The molecule has 0 saturated carbocycles. The van der Waals surface area contributed by atoms with Gasteiger partial charge in [0.25, 0.3) is 5.91 Å². The molecule has 0 heterocycles. The van der Waals surface area contributed by atoms with E-state index in [1.807, 2.05) is 0 Å². The lowest BCUT2D eigenvalue weighted by molar-refractivity contribution is 0.0945. The van der Waals surface area contributed by atoms with Gasteiger partial charge in [-0.15, -0.1) is 0 Å². The van der Waals surface area contributed by atoms with Gasteiger partial charge in [0.15, 0.2) is 0 Å². The molecule has 0 saturated heterocycles. The molecule has 1 aromatic rings. The van der Waals surface area contributed by atoms with E-state index in [1.54, 1.807) is 0 Å². The van der Waals surface area contributed by atoms with Crippen LogP contribution >= 0.6 is 11.6 Å². The average molecular weight is 375 g/mol. The first-order valence-electron chi connectivity index (χ1n) is 8.24. The number of sulfonamides is 1. The van der Waals surface area contributed by atoms with E-state index in [9.17, 15) is 13.2 Å². The lowest BCUT2D eigenvalue weighted by Crippen LogP contribution is -2.30. The second kappa shape index (κ2) is 9.39. The predicted molar refractivity (Wildman–Crippen MR) is 98.0 cm³/mol. The molecule has 1 N–H and O–H groups in total. The van der Waals surface area contributed by atoms with E-state index in [2.05, 4.69) is 19.2 Å². The first kappa shape index (κ1) is 20.9. The highest BCUT2D eigenvalue weighted by Gasteiger charge is 2.21. The molecule has 0 aromatic heterocycles. The van der Waals surface area contributed by atoms with Crippen LogP contribution in [0.4, 0.5) is 0 Å². The minimum absolute atomic E-state index is 0.0556. The Balaban J connectivity index is 2.91. The van der Waals surface area contributed by atoms with Gasteiger partial charge in [-0.2, -0.15) is 0 Å². The molecule has 5 nitrogen and oxygen atoms in total. The highest BCUT2D eigenvalue weighted by atomic mass is 35.5. The number of hydrogen-bond acceptors (Lipinski definition) is 3. The molecule has 24 heavy (non-hydrogen) atoms. The molecule has 1 rings (SSSR count). The van der Waals surface area contributed by atoms with Crippen molar-refractivity contribution in [2.45, 2.75) is 44.4 Å². The number of unbranched alkanes of at least 4 members (excludes halogenated alkanes) is 1. The van der Waals surface area contributed by atoms with Crippen molar-refractivity contribution in [2.75, 3.05) is 20.6 Å². The number of nitrogens with one attached hydrogen (secondary N) is 1. The van der Waals surface area contributed by atoms with Crippen LogP contribution in [0.5, 0.6) is 0 Å². The Morgan fingerprint density at radius 2 is 1.96 bits per heavy atom. The van der Waals surface area contributed by atoms with E-state index < -0.39 is 10.0 Å². The molecule has 136 valence electrons. The van der Waals surface area contributed by atoms with E-state index in [0.717, 1.165) is 30.0 Å². The van der Waals surface area contributed by atoms with Crippen LogP contribution in [-0.2, 0) is 10.0 Å². The van der Waals surface area contributed by atoms with Crippen LogP contribution < -0.4 is 5.32 Å². The van der Waals surface area contributed by atoms with Crippen molar-refractivity contribution in [3.05, 3.63) is 28.8 Å². The first-order chi connectivity index (χ1) is 11.2. The van der Waals surface area contributed by atoms with Crippen LogP contribution in [0.1, 0.15) is 49.9 Å². The maximum Gasteiger partial charge on any atom is 0.252 e. The largest absolute Gasteiger partial charge is 0.352 e. The van der Waals surface area contributed by atoms with Crippen LogP contribution in [-0.4, -0.2) is 39.3 Å². The number of carbonyl (C=O) groups is 1. The third-order valence-electron chi connectivity index (χ3n) is 4.06. The van der Waals surface area contributed by atoms with Gasteiger partial charge in [-0.1, -0.05) is 44.7 Å². The average Bonchev–Trinajstić information content (AvgIpc) is 2.54. The highest BCUT2D eigenvalue weighted by molar-refractivity contribution is 7.89. The van der Waals surface area contributed by atoms with Crippen LogP contribution in [0.15, 0.2) is 23.1 Å². The monoisotopic (exact) mass is 374 g/mol. The lowest BCUT2D eigenvalue weighted by atomic mass is 9.99. The Morgan fingerprint density at radius 1 is 1.29 bits per heavy atom. The van der Waals surface area contributed by atoms with Gasteiger partial charge >= 0.3 is 0 Å². The lowest BCUT2D eigenvalue weighted by Gasteiger charge is -2.16. The Kier molecular flexibility index (Phi) is 8.19. The molecule has 1 aromatic carbocycles. The fourth-order valence-electron chi connectivity index (χ4n) is 2.33. The van der Waals surface area contributed by atoms with Gasteiger partial charge in [-0.25, -0.2) is 12.7 Å². The summed E-state index contributed by atoms with van der Waals surface area (Å²) in [6.07, 6.45) is 4.31. The number of benzene rings is 1. The Bertz CT molecular complexity index is 660. The molecule has 0 bridgehead atoms. The van der Waals surface area contributed by atoms with Crippen molar-refractivity contribution in [2.24, 2.45) is 5.92 Å². The van der Waals surface area contributed by atoms with Gasteiger partial charge in [0, 0.05) is 20.6 Å². The van der Waals surface area contributed by atoms with Gasteiger partial charge in [0.1, 0.15) is 0 Å². The molecular weight excluding hydrogens is 348 g/mol. The van der Waals surface area contributed by atoms with Gasteiger partial charge in [0.05, 0.1) is 15.5 Å². The topological polar surface area (TPSA) is 66.5 Å². The van der Waals surface area contributed by atoms with E-state index in [-0.39, 0.29) is 21.4 Å². The van der Waals surface area contributed by atoms with Crippen molar-refractivity contribution in [3.63, 3.8) is 0 Å². The van der Waals surface area contributed by atoms with Crippen molar-refractivity contribution in [3.8, 4) is 0 Å². The Hall–Kier alpha value is -1.11. The van der Waals surface area contributed by atoms with Crippen molar-refractivity contribution >= 4 is 27.5 Å². The molecule has 1 amide bonds. The van der Waals surface area contributed by atoms with E-state index in [0.29, 0.717) is 12.5 Å². The number of nitrogens with zero attached hydrogens (tertiary/aromatic N) is 1. The molecule has 0 aliphatic carbocycles. The summed E-state index contributed by atoms with van der Waals surface area (Å²) < 4.78 is 25.5. The van der Waals surface area contributed by atoms with Crippen LogP contribution in [0, 0.1) is 5.92 Å². The quantitative estimate of drug-likeness (QED) is 0.718. The van der Waals surface area contributed by atoms with Crippen molar-refractivity contribution < 1.29 is 13.2 Å². The molecule has 1 atom stereocenters. The summed E-state index contributed by atoms with van der Waals surface area (Å²) in [5.74, 6) is 0.0760. The van der Waals surface area contributed by atoms with Crippen molar-refractivity contribution in [1.82, 2.24) is 9.62 Å². The minimum atomic E-state index is -3.60. The van der Waals surface area contributed by atoms with Gasteiger partial charge in [-0.3, -0.25) is 4.79 Å². The summed E-state index contributed by atoms with van der Waals surface area (Å²) in [5, 5.41) is 3.12. The summed E-state index contributed by atoms with van der Waals surface area (Å²) in [6, 6.07) is 4.19. The van der Waals surface area contributed by atoms with E-state index in [1.165, 1.54) is 32.3 Å². The number of halogens is 1. The molecule has 0 spiro atoms. The first-order valence-corrected chi connectivity index (χ1v) is 10.1. The number of carbonyl (C=O) groups excluding carboxylic acids is 1. The van der Waals surface area contributed by atoms with Crippen LogP contribution in [0.2, 0.25) is 5.02 Å². The SMILES string of the molecule is CCCCC(CC)CNC(=O)c1cc(S(=O)(=O)N(C)C)ccc1Cl. The standard InChI is InChI=1S/C17H27ClN2O3S/c1-5-7-8-13(6-2)12-19-17(21)15-11-14(9-10-16(15)18)24(22,23)20(3)4/h9-11,13H,5-8,12H2,1-4H3,(H,19,21). The van der Waals surface area contributed by atoms with Gasteiger partial charge in [-0.05, 0) is 30.5 Å². The maximum atomic E-state index is 12.4. The highest BCUT2D eigenvalue weighted by Crippen LogP contribution is 2.22. The predicted octanol–water partition coefficient (Wildman–Crippen LogP) is 3.54. The molecule has 0 aliphatic heterocycles. The fraction of sp³-hybridized carbons (Fsp3) is 0.588. The molecule has 0 radical (unpaired) electrons. The van der Waals surface area contributed by atoms with Gasteiger partial charge < -0.3 is 5.32 Å². The molecular formula is C17H27ClN2O3S. The fourth-order valence-corrected chi connectivity index (χ4v) is 3.46.